The Morgan fingerprint density at radius 3 is 3.00 bits per heavy atom. The van der Waals surface area contributed by atoms with Gasteiger partial charge in [-0.1, -0.05) is 0 Å². The Balaban J connectivity index is 2.13. The zero-order valence-corrected chi connectivity index (χ0v) is 10.4. The number of nitrogens with one attached hydrogen (secondary N) is 2. The van der Waals surface area contributed by atoms with Gasteiger partial charge in [-0.3, -0.25) is 0 Å². The molecule has 0 aliphatic carbocycles. The van der Waals surface area contributed by atoms with E-state index < -0.39 is 13.0 Å². The summed E-state index contributed by atoms with van der Waals surface area (Å²) in [6, 6.07) is 0. The lowest BCUT2D eigenvalue weighted by Gasteiger charge is -2.02. The second-order valence-electron chi connectivity index (χ2n) is 3.74. The number of H-pyrrole nitrogens is 1. The zero-order valence-electron chi connectivity index (χ0n) is 10.4. The molecule has 0 amide bonds. The molecule has 0 spiro atoms. The molecule has 1 aromatic rings. The van der Waals surface area contributed by atoms with Gasteiger partial charge in [0.05, 0.1) is 13.2 Å². The first kappa shape index (κ1) is 15.0. The van der Waals surface area contributed by atoms with Gasteiger partial charge in [0.25, 0.3) is 6.43 Å². The lowest BCUT2D eigenvalue weighted by Crippen LogP contribution is -2.18. The molecule has 0 bridgehead atoms. The zero-order chi connectivity index (χ0) is 13.2. The SMILES string of the molecule is COCCNCc1cnc(CCOCC(F)F)[nH]1. The summed E-state index contributed by atoms with van der Waals surface area (Å²) >= 11 is 0. The number of hydrogen-bond donors (Lipinski definition) is 2. The third kappa shape index (κ3) is 6.63. The summed E-state index contributed by atoms with van der Waals surface area (Å²) in [4.78, 5) is 7.23. The molecule has 2 N–H and O–H groups in total. The fourth-order valence-corrected chi connectivity index (χ4v) is 1.36. The minimum Gasteiger partial charge on any atom is -0.383 e. The molecule has 1 heterocycles. The predicted molar refractivity (Wildman–Crippen MR) is 62.7 cm³/mol. The maximum Gasteiger partial charge on any atom is 0.261 e. The fraction of sp³-hybridized carbons (Fsp3) is 0.727. The van der Waals surface area contributed by atoms with Crippen molar-refractivity contribution in [2.24, 2.45) is 0 Å². The molecule has 104 valence electrons. The van der Waals surface area contributed by atoms with Crippen LogP contribution in [0.4, 0.5) is 8.78 Å². The third-order valence-corrected chi connectivity index (χ3v) is 2.21. The van der Waals surface area contributed by atoms with Crippen molar-refractivity contribution >= 4 is 0 Å². The van der Waals surface area contributed by atoms with E-state index in [-0.39, 0.29) is 6.61 Å². The molecule has 0 fully saturated rings. The number of alkyl halides is 2. The lowest BCUT2D eigenvalue weighted by molar-refractivity contribution is 0.0183. The Morgan fingerprint density at radius 1 is 1.44 bits per heavy atom. The summed E-state index contributed by atoms with van der Waals surface area (Å²) in [6.45, 7) is 1.82. The Kier molecular flexibility index (Phi) is 7.47. The maximum absolute atomic E-state index is 11.8. The van der Waals surface area contributed by atoms with Crippen molar-refractivity contribution < 1.29 is 18.3 Å². The van der Waals surface area contributed by atoms with Gasteiger partial charge in [0.15, 0.2) is 0 Å². The van der Waals surface area contributed by atoms with Gasteiger partial charge in [0.2, 0.25) is 0 Å². The standard InChI is InChI=1S/C11H19F2N3O2/c1-17-5-3-14-6-9-7-15-11(16-9)2-4-18-8-10(12)13/h7,10,14H,2-6,8H2,1H3,(H,15,16). The van der Waals surface area contributed by atoms with Crippen molar-refractivity contribution in [3.8, 4) is 0 Å². The molecule has 0 saturated carbocycles. The van der Waals surface area contributed by atoms with Crippen LogP contribution in [0, 0.1) is 0 Å². The highest BCUT2D eigenvalue weighted by Crippen LogP contribution is 1.99. The van der Waals surface area contributed by atoms with E-state index in [1.807, 2.05) is 0 Å². The topological polar surface area (TPSA) is 59.2 Å². The Labute approximate surface area is 105 Å². The summed E-state index contributed by atoms with van der Waals surface area (Å²) in [7, 11) is 1.65. The largest absolute Gasteiger partial charge is 0.383 e. The van der Waals surface area contributed by atoms with E-state index in [0.29, 0.717) is 19.6 Å². The van der Waals surface area contributed by atoms with Crippen LogP contribution in [0.15, 0.2) is 6.20 Å². The minimum absolute atomic E-state index is 0.244. The van der Waals surface area contributed by atoms with Gasteiger partial charge >= 0.3 is 0 Å². The van der Waals surface area contributed by atoms with E-state index in [0.717, 1.165) is 18.1 Å². The van der Waals surface area contributed by atoms with Crippen LogP contribution in [-0.4, -0.2) is 49.9 Å². The van der Waals surface area contributed by atoms with E-state index in [2.05, 4.69) is 15.3 Å². The van der Waals surface area contributed by atoms with Crippen LogP contribution in [0.1, 0.15) is 11.5 Å². The van der Waals surface area contributed by atoms with Gasteiger partial charge in [0, 0.05) is 38.5 Å². The highest BCUT2D eigenvalue weighted by molar-refractivity contribution is 5.01. The number of nitrogens with zero attached hydrogens (tertiary/aromatic N) is 1. The van der Waals surface area contributed by atoms with E-state index in [9.17, 15) is 8.78 Å². The molecule has 0 radical (unpaired) electrons. The summed E-state index contributed by atoms with van der Waals surface area (Å²) in [5, 5.41) is 3.17. The van der Waals surface area contributed by atoms with Crippen LogP contribution >= 0.6 is 0 Å². The van der Waals surface area contributed by atoms with Gasteiger partial charge < -0.3 is 19.8 Å². The van der Waals surface area contributed by atoms with Crippen molar-refractivity contribution in [1.82, 2.24) is 15.3 Å². The van der Waals surface area contributed by atoms with E-state index in [4.69, 9.17) is 9.47 Å². The van der Waals surface area contributed by atoms with Crippen molar-refractivity contribution in [3.63, 3.8) is 0 Å². The Hall–Kier alpha value is -1.05. The molecule has 5 nitrogen and oxygen atoms in total. The van der Waals surface area contributed by atoms with E-state index in [1.165, 1.54) is 0 Å². The number of aromatic amines is 1. The second kappa shape index (κ2) is 8.96. The molecule has 18 heavy (non-hydrogen) atoms. The van der Waals surface area contributed by atoms with E-state index in [1.54, 1.807) is 13.3 Å². The van der Waals surface area contributed by atoms with Crippen LogP contribution in [-0.2, 0) is 22.4 Å². The normalized spacial score (nSPS) is 11.3. The molecule has 0 atom stereocenters. The van der Waals surface area contributed by atoms with Gasteiger partial charge in [-0.25, -0.2) is 13.8 Å². The van der Waals surface area contributed by atoms with Crippen LogP contribution < -0.4 is 5.32 Å². The number of ether oxygens (including phenoxy) is 2. The summed E-state index contributed by atoms with van der Waals surface area (Å²) < 4.78 is 33.3. The maximum atomic E-state index is 11.8. The van der Waals surface area contributed by atoms with Gasteiger partial charge in [0.1, 0.15) is 12.4 Å². The summed E-state index contributed by atoms with van der Waals surface area (Å²) in [5.41, 5.74) is 0.954. The number of hydrogen-bond acceptors (Lipinski definition) is 4. The molecule has 1 aromatic heterocycles. The number of aromatic nitrogens is 2. The smallest absolute Gasteiger partial charge is 0.261 e. The van der Waals surface area contributed by atoms with Gasteiger partial charge in [-0.2, -0.15) is 0 Å². The van der Waals surface area contributed by atoms with Gasteiger partial charge in [-0.05, 0) is 0 Å². The van der Waals surface area contributed by atoms with Crippen LogP contribution in [0.2, 0.25) is 0 Å². The van der Waals surface area contributed by atoms with Crippen molar-refractivity contribution in [2.45, 2.75) is 19.4 Å². The van der Waals surface area contributed by atoms with Crippen molar-refractivity contribution in [2.75, 3.05) is 33.5 Å². The third-order valence-electron chi connectivity index (χ3n) is 2.21. The number of halogens is 2. The average molecular weight is 263 g/mol. The molecule has 0 aromatic carbocycles. The molecule has 7 heteroatoms. The fourth-order valence-electron chi connectivity index (χ4n) is 1.36. The first-order chi connectivity index (χ1) is 8.72. The quantitative estimate of drug-likeness (QED) is 0.618. The summed E-state index contributed by atoms with van der Waals surface area (Å²) in [5.74, 6) is 0.743. The predicted octanol–water partition coefficient (Wildman–Crippen LogP) is 0.970. The molecule has 1 rings (SSSR count). The highest BCUT2D eigenvalue weighted by atomic mass is 19.3. The first-order valence-electron chi connectivity index (χ1n) is 5.80. The molecule has 0 aliphatic heterocycles. The monoisotopic (exact) mass is 263 g/mol. The average Bonchev–Trinajstić information content (AvgIpc) is 2.78. The van der Waals surface area contributed by atoms with Gasteiger partial charge in [-0.15, -0.1) is 0 Å². The van der Waals surface area contributed by atoms with Crippen molar-refractivity contribution in [3.05, 3.63) is 17.7 Å². The van der Waals surface area contributed by atoms with Crippen LogP contribution in [0.3, 0.4) is 0 Å². The number of methoxy groups -OCH3 is 1. The molecule has 0 unspecified atom stereocenters. The first-order valence-corrected chi connectivity index (χ1v) is 5.80. The Morgan fingerprint density at radius 2 is 2.28 bits per heavy atom. The molecular weight excluding hydrogens is 244 g/mol. The lowest BCUT2D eigenvalue weighted by atomic mass is 10.4. The van der Waals surface area contributed by atoms with Crippen LogP contribution in [0.5, 0.6) is 0 Å². The van der Waals surface area contributed by atoms with Crippen molar-refractivity contribution in [1.29, 1.82) is 0 Å². The minimum atomic E-state index is -2.41. The number of rotatable bonds is 10. The number of imidazole rings is 1. The van der Waals surface area contributed by atoms with Crippen LogP contribution in [0.25, 0.3) is 0 Å². The Bertz CT molecular complexity index is 321. The van der Waals surface area contributed by atoms with E-state index >= 15 is 0 Å². The molecular formula is C11H19F2N3O2. The highest BCUT2D eigenvalue weighted by Gasteiger charge is 2.03. The molecule has 0 saturated heterocycles. The molecule has 0 aliphatic rings. The summed E-state index contributed by atoms with van der Waals surface area (Å²) in [6.07, 6.45) is -0.185. The second-order valence-corrected chi connectivity index (χ2v) is 3.74.